The molecule has 9 heteroatoms. The number of hydrogen-bond donors (Lipinski definition) is 1. The van der Waals surface area contributed by atoms with Gasteiger partial charge in [0.05, 0.1) is 33.0 Å². The molecule has 1 amide bonds. The second-order valence-corrected chi connectivity index (χ2v) is 9.65. The van der Waals surface area contributed by atoms with Crippen molar-refractivity contribution < 1.29 is 37.3 Å². The third-order valence-electron chi connectivity index (χ3n) is 6.83. The number of nitrogens with one attached hydrogen (secondary N) is 1. The lowest BCUT2D eigenvalue weighted by molar-refractivity contribution is -0.264. The molecule has 0 aliphatic carbocycles. The molecule has 0 saturated carbocycles. The largest absolute Gasteiger partial charge is 0.374 e. The number of carbonyl (C=O) groups is 1. The van der Waals surface area contributed by atoms with Crippen LogP contribution in [0.15, 0.2) is 91.0 Å². The molecule has 2 aliphatic heterocycles. The predicted molar refractivity (Wildman–Crippen MR) is 138 cm³/mol. The molecular formula is C30H31F2NO6. The summed E-state index contributed by atoms with van der Waals surface area (Å²) in [4.78, 5) is 12.1. The van der Waals surface area contributed by atoms with Gasteiger partial charge in [-0.15, -0.1) is 0 Å². The fourth-order valence-corrected chi connectivity index (χ4v) is 4.91. The van der Waals surface area contributed by atoms with Gasteiger partial charge in [0.25, 0.3) is 5.91 Å². The van der Waals surface area contributed by atoms with E-state index in [4.69, 9.17) is 23.7 Å². The van der Waals surface area contributed by atoms with Gasteiger partial charge in [-0.05, 0) is 16.7 Å². The van der Waals surface area contributed by atoms with Crippen molar-refractivity contribution in [2.45, 2.75) is 56.4 Å². The molecule has 2 fully saturated rings. The topological polar surface area (TPSA) is 75.3 Å². The molecule has 2 bridgehead atoms. The average molecular weight is 540 g/mol. The molecule has 5 atom stereocenters. The van der Waals surface area contributed by atoms with Gasteiger partial charge < -0.3 is 29.0 Å². The average Bonchev–Trinajstić information content (AvgIpc) is 3.35. The highest BCUT2D eigenvalue weighted by Gasteiger charge is 2.62. The van der Waals surface area contributed by atoms with Crippen molar-refractivity contribution in [2.75, 3.05) is 13.2 Å². The number of carbonyl (C=O) groups excluding carboxylic acids is 1. The lowest BCUT2D eigenvalue weighted by Crippen LogP contribution is -2.68. The number of fused-ring (bicyclic) bond motifs is 2. The maximum absolute atomic E-state index is 13.3. The molecular weight excluding hydrogens is 508 g/mol. The zero-order valence-electron chi connectivity index (χ0n) is 21.3. The van der Waals surface area contributed by atoms with Crippen LogP contribution in [0.3, 0.4) is 0 Å². The fourth-order valence-electron chi connectivity index (χ4n) is 4.91. The molecule has 2 aliphatic rings. The Morgan fingerprint density at radius 1 is 0.846 bits per heavy atom. The molecule has 0 radical (unpaired) electrons. The zero-order valence-corrected chi connectivity index (χ0v) is 21.3. The number of halogens is 2. The minimum Gasteiger partial charge on any atom is -0.374 e. The van der Waals surface area contributed by atoms with Gasteiger partial charge in [0.15, 0.2) is 6.29 Å². The highest BCUT2D eigenvalue weighted by atomic mass is 19.3. The smallest absolute Gasteiger partial charge is 0.315 e. The summed E-state index contributed by atoms with van der Waals surface area (Å²) in [6, 6.07) is 27.7. The Balaban J connectivity index is 1.42. The minimum atomic E-state index is -3.20. The quantitative estimate of drug-likeness (QED) is 0.371. The van der Waals surface area contributed by atoms with E-state index in [0.29, 0.717) is 6.61 Å². The van der Waals surface area contributed by atoms with Crippen molar-refractivity contribution in [1.82, 2.24) is 5.32 Å². The number of alkyl halides is 2. The second kappa shape index (κ2) is 12.8. The van der Waals surface area contributed by atoms with E-state index in [1.165, 1.54) is 0 Å². The van der Waals surface area contributed by atoms with E-state index >= 15 is 0 Å². The molecule has 1 N–H and O–H groups in total. The van der Waals surface area contributed by atoms with Gasteiger partial charge in [0, 0.05) is 0 Å². The van der Waals surface area contributed by atoms with Crippen LogP contribution in [-0.2, 0) is 48.3 Å². The summed E-state index contributed by atoms with van der Waals surface area (Å²) in [5, 5.41) is 2.37. The first kappa shape index (κ1) is 27.4. The van der Waals surface area contributed by atoms with Crippen LogP contribution in [0.2, 0.25) is 0 Å². The molecule has 7 nitrogen and oxygen atoms in total. The standard InChI is InChI=1S/C30H31F2NO6/c31-27(32)28(34)33-24-25(36-17-22-12-6-2-7-13-22)26(37-18-23-14-8-3-9-15-23)30(20-38-29(24)39-30)19-35-16-21-10-4-1-5-11-21/h1-15,24-27,29H,16-20H2,(H,33,34)/t24-,25-,26-,29+,30+/m1/s1. The third kappa shape index (κ3) is 6.69. The van der Waals surface area contributed by atoms with Gasteiger partial charge in [-0.2, -0.15) is 8.78 Å². The van der Waals surface area contributed by atoms with Crippen LogP contribution in [0.25, 0.3) is 0 Å². The first-order valence-electron chi connectivity index (χ1n) is 12.8. The highest BCUT2D eigenvalue weighted by Crippen LogP contribution is 2.41. The Hall–Kier alpha value is -3.21. The lowest BCUT2D eigenvalue weighted by atomic mass is 9.87. The van der Waals surface area contributed by atoms with Crippen molar-refractivity contribution in [3.05, 3.63) is 108 Å². The van der Waals surface area contributed by atoms with E-state index in [0.717, 1.165) is 16.7 Å². The van der Waals surface area contributed by atoms with Gasteiger partial charge in [-0.25, -0.2) is 0 Å². The van der Waals surface area contributed by atoms with E-state index in [1.807, 2.05) is 91.0 Å². The normalized spacial score (nSPS) is 26.0. The molecule has 0 unspecified atom stereocenters. The van der Waals surface area contributed by atoms with Crippen LogP contribution in [0.1, 0.15) is 16.7 Å². The van der Waals surface area contributed by atoms with E-state index in [1.54, 1.807) is 0 Å². The van der Waals surface area contributed by atoms with Gasteiger partial charge in [-0.3, -0.25) is 4.79 Å². The van der Waals surface area contributed by atoms with Crippen LogP contribution in [0.4, 0.5) is 8.78 Å². The maximum Gasteiger partial charge on any atom is 0.315 e. The van der Waals surface area contributed by atoms with Crippen LogP contribution >= 0.6 is 0 Å². The summed E-state index contributed by atoms with van der Waals surface area (Å²) in [5.41, 5.74) is 1.70. The van der Waals surface area contributed by atoms with Crippen molar-refractivity contribution in [1.29, 1.82) is 0 Å². The van der Waals surface area contributed by atoms with E-state index in [9.17, 15) is 13.6 Å². The van der Waals surface area contributed by atoms with Crippen molar-refractivity contribution >= 4 is 5.91 Å². The molecule has 0 aromatic heterocycles. The van der Waals surface area contributed by atoms with Gasteiger partial charge in [0.1, 0.15) is 23.9 Å². The lowest BCUT2D eigenvalue weighted by Gasteiger charge is -2.46. The number of amides is 1. The van der Waals surface area contributed by atoms with Crippen molar-refractivity contribution in [3.8, 4) is 0 Å². The summed E-state index contributed by atoms with van der Waals surface area (Å²) in [6.45, 7) is 0.909. The van der Waals surface area contributed by atoms with Crippen LogP contribution in [0.5, 0.6) is 0 Å². The summed E-state index contributed by atoms with van der Waals surface area (Å²) in [7, 11) is 0. The summed E-state index contributed by atoms with van der Waals surface area (Å²) < 4.78 is 57.6. The Morgan fingerprint density at radius 3 is 1.95 bits per heavy atom. The fraction of sp³-hybridized carbons (Fsp3) is 0.367. The third-order valence-corrected chi connectivity index (χ3v) is 6.83. The van der Waals surface area contributed by atoms with Gasteiger partial charge >= 0.3 is 6.43 Å². The summed E-state index contributed by atoms with van der Waals surface area (Å²) in [5.74, 6) is -1.43. The Kier molecular flexibility index (Phi) is 8.95. The molecule has 206 valence electrons. The maximum atomic E-state index is 13.3. The molecule has 39 heavy (non-hydrogen) atoms. The molecule has 5 rings (SSSR count). The van der Waals surface area contributed by atoms with Gasteiger partial charge in [-0.1, -0.05) is 91.0 Å². The Morgan fingerprint density at radius 2 is 1.38 bits per heavy atom. The van der Waals surface area contributed by atoms with E-state index < -0.39 is 42.5 Å². The first-order valence-corrected chi connectivity index (χ1v) is 12.8. The number of rotatable bonds is 12. The summed E-state index contributed by atoms with van der Waals surface area (Å²) >= 11 is 0. The predicted octanol–water partition coefficient (Wildman–Crippen LogP) is 4.25. The number of ether oxygens (including phenoxy) is 5. The molecule has 2 heterocycles. The molecule has 0 spiro atoms. The van der Waals surface area contributed by atoms with Crippen molar-refractivity contribution in [3.63, 3.8) is 0 Å². The first-order chi connectivity index (χ1) is 19.0. The van der Waals surface area contributed by atoms with Crippen LogP contribution in [-0.4, -0.2) is 55.7 Å². The molecule has 2 saturated heterocycles. The Labute approximate surface area is 226 Å². The Bertz CT molecular complexity index is 1190. The molecule has 3 aromatic carbocycles. The number of hydrogen-bond acceptors (Lipinski definition) is 6. The zero-order chi connectivity index (χ0) is 27.1. The van der Waals surface area contributed by atoms with Crippen LogP contribution in [0, 0.1) is 0 Å². The highest BCUT2D eigenvalue weighted by molar-refractivity contribution is 5.79. The number of benzene rings is 3. The van der Waals surface area contributed by atoms with Gasteiger partial charge in [0.2, 0.25) is 0 Å². The van der Waals surface area contributed by atoms with E-state index in [-0.39, 0.29) is 26.4 Å². The monoisotopic (exact) mass is 539 g/mol. The molecule has 3 aromatic rings. The van der Waals surface area contributed by atoms with Crippen LogP contribution < -0.4 is 5.32 Å². The SMILES string of the molecule is O=C(N[C@H]1[C@H]2OC[C@](COCc3ccccc3)(O2)[C@H](OCc2ccccc2)[C@@H]1OCc1ccccc1)C(F)F. The van der Waals surface area contributed by atoms with E-state index in [2.05, 4.69) is 5.32 Å². The second-order valence-electron chi connectivity index (χ2n) is 9.65. The van der Waals surface area contributed by atoms with Crippen molar-refractivity contribution in [2.24, 2.45) is 0 Å². The minimum absolute atomic E-state index is 0.0815. The summed E-state index contributed by atoms with van der Waals surface area (Å²) in [6.07, 6.45) is -5.88.